The third-order valence-corrected chi connectivity index (χ3v) is 4.09. The number of nitrogens with zero attached hydrogens (tertiary/aromatic N) is 2. The minimum atomic E-state index is -1.05. The molecule has 0 spiro atoms. The summed E-state index contributed by atoms with van der Waals surface area (Å²) >= 11 is 0. The van der Waals surface area contributed by atoms with Gasteiger partial charge in [-0.3, -0.25) is 24.6 Å². The van der Waals surface area contributed by atoms with Crippen LogP contribution in [0, 0.1) is 15.9 Å². The number of Topliss-reactive ketones (excluding diaryl/α,β-unsaturated/α-hetero) is 1. The number of hydrogen-bond acceptors (Lipinski definition) is 5. The second kappa shape index (κ2) is 6.40. The molecule has 1 unspecified atom stereocenters. The van der Waals surface area contributed by atoms with Gasteiger partial charge in [0.1, 0.15) is 5.82 Å². The zero-order chi connectivity index (χ0) is 19.0. The predicted octanol–water partition coefficient (Wildman–Crippen LogP) is 3.22. The highest BCUT2D eigenvalue weighted by Crippen LogP contribution is 2.41. The highest BCUT2D eigenvalue weighted by molar-refractivity contribution is 6.16. The molecule has 2 aromatic carbocycles. The van der Waals surface area contributed by atoms with Crippen LogP contribution in [0.3, 0.4) is 0 Å². The monoisotopic (exact) mass is 356 g/mol. The van der Waals surface area contributed by atoms with Gasteiger partial charge in [-0.1, -0.05) is 12.1 Å². The smallest absolute Gasteiger partial charge is 0.294 e. The molecule has 0 bridgehead atoms. The van der Waals surface area contributed by atoms with Crippen LogP contribution in [-0.2, 0) is 9.59 Å². The number of nitro groups is 1. The van der Waals surface area contributed by atoms with Crippen LogP contribution in [0.25, 0.3) is 0 Å². The van der Waals surface area contributed by atoms with Crippen LogP contribution in [0.5, 0.6) is 0 Å². The van der Waals surface area contributed by atoms with Crippen LogP contribution in [0.1, 0.15) is 18.5 Å². The largest absolute Gasteiger partial charge is 0.503 e. The van der Waals surface area contributed by atoms with Crippen LogP contribution in [-0.4, -0.2) is 21.7 Å². The Kier molecular flexibility index (Phi) is 4.25. The summed E-state index contributed by atoms with van der Waals surface area (Å²) in [5.41, 5.74) is 0.143. The lowest BCUT2D eigenvalue weighted by atomic mass is 9.96. The summed E-state index contributed by atoms with van der Waals surface area (Å²) in [6, 6.07) is 9.32. The number of benzene rings is 2. The van der Waals surface area contributed by atoms with E-state index in [0.29, 0.717) is 0 Å². The molecule has 0 aliphatic carbocycles. The number of carbonyl (C=O) groups excluding carboxylic acids is 2. The van der Waals surface area contributed by atoms with Crippen molar-refractivity contribution >= 4 is 23.1 Å². The number of non-ortho nitro benzene ring substituents is 1. The second-order valence-corrected chi connectivity index (χ2v) is 5.72. The van der Waals surface area contributed by atoms with Gasteiger partial charge in [-0.2, -0.15) is 0 Å². The lowest BCUT2D eigenvalue weighted by molar-refractivity contribution is -0.384. The standard InChI is InChI=1S/C18H13FN2O5/c1-10(22)15-16(11-3-2-4-14(9-11)21(25)26)20(18(24)17(15)23)13-7-5-12(19)6-8-13/h2-9,16,23H,1H3. The molecule has 1 heterocycles. The molecule has 2 aromatic rings. The van der Waals surface area contributed by atoms with Gasteiger partial charge in [0.25, 0.3) is 11.6 Å². The van der Waals surface area contributed by atoms with Crippen molar-refractivity contribution in [2.45, 2.75) is 13.0 Å². The van der Waals surface area contributed by atoms with Crippen molar-refractivity contribution in [2.24, 2.45) is 0 Å². The van der Waals surface area contributed by atoms with Gasteiger partial charge in [-0.25, -0.2) is 4.39 Å². The normalized spacial score (nSPS) is 16.9. The van der Waals surface area contributed by atoms with Gasteiger partial charge >= 0.3 is 0 Å². The zero-order valence-corrected chi connectivity index (χ0v) is 13.5. The van der Waals surface area contributed by atoms with Crippen LogP contribution in [0.2, 0.25) is 0 Å². The molecule has 0 saturated heterocycles. The van der Waals surface area contributed by atoms with Crippen LogP contribution >= 0.6 is 0 Å². The number of hydrogen-bond donors (Lipinski definition) is 1. The molecule has 0 saturated carbocycles. The summed E-state index contributed by atoms with van der Waals surface area (Å²) in [6.45, 7) is 1.19. The minimum absolute atomic E-state index is 0.167. The molecule has 7 nitrogen and oxygen atoms in total. The van der Waals surface area contributed by atoms with E-state index in [1.807, 2.05) is 0 Å². The number of rotatable bonds is 4. The Morgan fingerprint density at radius 2 is 1.88 bits per heavy atom. The zero-order valence-electron chi connectivity index (χ0n) is 13.5. The maximum Gasteiger partial charge on any atom is 0.294 e. The van der Waals surface area contributed by atoms with Gasteiger partial charge in [0, 0.05) is 17.8 Å². The van der Waals surface area contributed by atoms with Crippen molar-refractivity contribution < 1.29 is 24.0 Å². The average Bonchev–Trinajstić information content (AvgIpc) is 2.87. The van der Waals surface area contributed by atoms with E-state index in [9.17, 15) is 29.2 Å². The first-order valence-corrected chi connectivity index (χ1v) is 7.59. The number of ketones is 1. The Balaban J connectivity index is 2.19. The van der Waals surface area contributed by atoms with Crippen LogP contribution < -0.4 is 4.90 Å². The molecule has 1 aliphatic heterocycles. The summed E-state index contributed by atoms with van der Waals surface area (Å²) in [6.07, 6.45) is 0. The van der Waals surface area contributed by atoms with Gasteiger partial charge in [0.2, 0.25) is 0 Å². The first kappa shape index (κ1) is 17.3. The van der Waals surface area contributed by atoms with Crippen LogP contribution in [0.15, 0.2) is 59.9 Å². The molecule has 1 aliphatic rings. The Morgan fingerprint density at radius 1 is 1.23 bits per heavy atom. The fraction of sp³-hybridized carbons (Fsp3) is 0.111. The van der Waals surface area contributed by atoms with Gasteiger partial charge in [-0.15, -0.1) is 0 Å². The summed E-state index contributed by atoms with van der Waals surface area (Å²) in [5, 5.41) is 21.2. The number of halogens is 1. The summed E-state index contributed by atoms with van der Waals surface area (Å²) in [7, 11) is 0. The van der Waals surface area contributed by atoms with Crippen molar-refractivity contribution in [1.82, 2.24) is 0 Å². The first-order chi connectivity index (χ1) is 12.3. The number of carbonyl (C=O) groups is 2. The van der Waals surface area contributed by atoms with Crippen molar-refractivity contribution in [3.63, 3.8) is 0 Å². The molecule has 1 amide bonds. The molecule has 0 aromatic heterocycles. The lowest BCUT2D eigenvalue weighted by Crippen LogP contribution is -2.30. The van der Waals surface area contributed by atoms with Gasteiger partial charge in [-0.05, 0) is 36.8 Å². The van der Waals surface area contributed by atoms with Gasteiger partial charge in [0.05, 0.1) is 16.5 Å². The average molecular weight is 356 g/mol. The molecular formula is C18H13FN2O5. The molecule has 1 N–H and O–H groups in total. The van der Waals surface area contributed by atoms with Gasteiger partial charge < -0.3 is 5.11 Å². The van der Waals surface area contributed by atoms with Crippen molar-refractivity contribution in [3.05, 3.63) is 81.4 Å². The lowest BCUT2D eigenvalue weighted by Gasteiger charge is -2.26. The highest BCUT2D eigenvalue weighted by atomic mass is 19.1. The molecule has 0 radical (unpaired) electrons. The van der Waals surface area contributed by atoms with E-state index in [4.69, 9.17) is 0 Å². The van der Waals surface area contributed by atoms with Crippen molar-refractivity contribution in [2.75, 3.05) is 4.90 Å². The third-order valence-electron chi connectivity index (χ3n) is 4.09. The third kappa shape index (κ3) is 2.81. The van der Waals surface area contributed by atoms with Crippen molar-refractivity contribution in [1.29, 1.82) is 0 Å². The highest BCUT2D eigenvalue weighted by Gasteiger charge is 2.43. The molecule has 26 heavy (non-hydrogen) atoms. The maximum atomic E-state index is 13.2. The minimum Gasteiger partial charge on any atom is -0.503 e. The number of amides is 1. The number of aliphatic hydroxyl groups excluding tert-OH is 1. The molecule has 3 rings (SSSR count). The van der Waals surface area contributed by atoms with E-state index >= 15 is 0 Å². The van der Waals surface area contributed by atoms with E-state index in [-0.39, 0.29) is 22.5 Å². The van der Waals surface area contributed by atoms with E-state index in [1.165, 1.54) is 43.3 Å². The van der Waals surface area contributed by atoms with Crippen molar-refractivity contribution in [3.8, 4) is 0 Å². The Labute approximate surface area is 147 Å². The van der Waals surface area contributed by atoms with Crippen LogP contribution in [0.4, 0.5) is 15.8 Å². The van der Waals surface area contributed by atoms with E-state index in [2.05, 4.69) is 0 Å². The number of nitro benzene ring substituents is 1. The molecule has 132 valence electrons. The van der Waals surface area contributed by atoms with E-state index in [1.54, 1.807) is 0 Å². The fourth-order valence-electron chi connectivity index (χ4n) is 2.96. The Bertz CT molecular complexity index is 952. The van der Waals surface area contributed by atoms with E-state index < -0.39 is 34.2 Å². The summed E-state index contributed by atoms with van der Waals surface area (Å²) in [5.74, 6) is -2.62. The number of aliphatic hydroxyl groups is 1. The Morgan fingerprint density at radius 3 is 2.46 bits per heavy atom. The second-order valence-electron chi connectivity index (χ2n) is 5.72. The Hall–Kier alpha value is -3.55. The fourth-order valence-corrected chi connectivity index (χ4v) is 2.96. The maximum absolute atomic E-state index is 13.2. The van der Waals surface area contributed by atoms with E-state index in [0.717, 1.165) is 17.0 Å². The summed E-state index contributed by atoms with van der Waals surface area (Å²) in [4.78, 5) is 36.2. The topological polar surface area (TPSA) is 101 Å². The molecule has 1 atom stereocenters. The number of anilines is 1. The predicted molar refractivity (Wildman–Crippen MR) is 90.1 cm³/mol. The molecular weight excluding hydrogens is 343 g/mol. The van der Waals surface area contributed by atoms with Gasteiger partial charge in [0.15, 0.2) is 11.5 Å². The SMILES string of the molecule is CC(=O)C1=C(O)C(=O)N(c2ccc(F)cc2)C1c1cccc([N+](=O)[O-])c1. The molecule has 8 heteroatoms. The quantitative estimate of drug-likeness (QED) is 0.669. The first-order valence-electron chi connectivity index (χ1n) is 7.59. The summed E-state index contributed by atoms with van der Waals surface area (Å²) < 4.78 is 13.2. The molecule has 0 fully saturated rings.